The van der Waals surface area contributed by atoms with Crippen molar-refractivity contribution < 1.29 is 14.3 Å². The molecule has 2 aromatic carbocycles. The van der Waals surface area contributed by atoms with Gasteiger partial charge >= 0.3 is 0 Å². The fraction of sp³-hybridized carbons (Fsp3) is 0.407. The van der Waals surface area contributed by atoms with Crippen molar-refractivity contribution in [2.75, 3.05) is 7.11 Å². The van der Waals surface area contributed by atoms with Gasteiger partial charge in [-0.2, -0.15) is 0 Å². The Kier molecular flexibility index (Phi) is 8.52. The summed E-state index contributed by atoms with van der Waals surface area (Å²) in [6.07, 6.45) is 4.21. The molecule has 33 heavy (non-hydrogen) atoms. The van der Waals surface area contributed by atoms with Crippen LogP contribution >= 0.6 is 0 Å². The minimum absolute atomic E-state index is 0.0111. The summed E-state index contributed by atoms with van der Waals surface area (Å²) in [7, 11) is 1.63. The summed E-state index contributed by atoms with van der Waals surface area (Å²) in [5.74, 6) is 1.48. The standard InChI is InChI=1S/C27H33N3O3/c1-5-6-7-11-25(32)27-28-26(22-14-12-19(2)20(3)16-22)29-30(27)18-23(31)15-13-21-9-8-10-24(17-21)33-4/h8-10,12,14,16-17H,5-7,11,13,15,18H2,1-4H3. The number of ether oxygens (including phenoxy) is 1. The van der Waals surface area contributed by atoms with Gasteiger partial charge in [0.25, 0.3) is 0 Å². The van der Waals surface area contributed by atoms with Crippen LogP contribution in [0.2, 0.25) is 0 Å². The SMILES string of the molecule is CCCCCC(=O)c1nc(-c2ccc(C)c(C)c2)nn1CC(=O)CCc1cccc(OC)c1. The second kappa shape index (κ2) is 11.5. The number of carbonyl (C=O) groups excluding carboxylic acids is 2. The molecule has 0 radical (unpaired) electrons. The topological polar surface area (TPSA) is 74.1 Å². The Balaban J connectivity index is 1.78. The van der Waals surface area contributed by atoms with Gasteiger partial charge in [0, 0.05) is 18.4 Å². The predicted molar refractivity (Wildman–Crippen MR) is 130 cm³/mol. The molecule has 6 nitrogen and oxygen atoms in total. The molecule has 3 rings (SSSR count). The first kappa shape index (κ1) is 24.4. The first-order valence-electron chi connectivity index (χ1n) is 11.6. The van der Waals surface area contributed by atoms with Crippen LogP contribution in [0.15, 0.2) is 42.5 Å². The molecule has 0 N–H and O–H groups in total. The average Bonchev–Trinajstić information content (AvgIpc) is 3.23. The molecule has 0 fully saturated rings. The molecule has 6 heteroatoms. The van der Waals surface area contributed by atoms with Crippen molar-refractivity contribution >= 4 is 11.6 Å². The smallest absolute Gasteiger partial charge is 0.199 e. The molecule has 0 saturated carbocycles. The van der Waals surface area contributed by atoms with Crippen molar-refractivity contribution in [1.29, 1.82) is 0 Å². The highest BCUT2D eigenvalue weighted by Crippen LogP contribution is 2.21. The third kappa shape index (κ3) is 6.60. The quantitative estimate of drug-likeness (QED) is 0.269. The zero-order valence-electron chi connectivity index (χ0n) is 20.1. The van der Waals surface area contributed by atoms with E-state index in [2.05, 4.69) is 23.9 Å². The maximum absolute atomic E-state index is 12.9. The third-order valence-electron chi connectivity index (χ3n) is 5.85. The van der Waals surface area contributed by atoms with E-state index >= 15 is 0 Å². The first-order valence-corrected chi connectivity index (χ1v) is 11.6. The lowest BCUT2D eigenvalue weighted by atomic mass is 10.1. The second-order valence-corrected chi connectivity index (χ2v) is 8.49. The summed E-state index contributed by atoms with van der Waals surface area (Å²) in [6, 6.07) is 13.7. The molecule has 0 spiro atoms. The Bertz CT molecular complexity index is 1120. The van der Waals surface area contributed by atoms with Gasteiger partial charge < -0.3 is 4.74 Å². The van der Waals surface area contributed by atoms with Crippen molar-refractivity contribution in [2.45, 2.75) is 65.8 Å². The predicted octanol–water partition coefficient (Wildman–Crippen LogP) is 5.54. The largest absolute Gasteiger partial charge is 0.497 e. The van der Waals surface area contributed by atoms with Gasteiger partial charge in [-0.15, -0.1) is 5.10 Å². The third-order valence-corrected chi connectivity index (χ3v) is 5.85. The van der Waals surface area contributed by atoms with E-state index in [1.807, 2.05) is 49.4 Å². The second-order valence-electron chi connectivity index (χ2n) is 8.49. The van der Waals surface area contributed by atoms with Crippen LogP contribution in [0.25, 0.3) is 11.4 Å². The van der Waals surface area contributed by atoms with Gasteiger partial charge in [-0.25, -0.2) is 9.67 Å². The number of rotatable bonds is 12. The van der Waals surface area contributed by atoms with E-state index in [1.165, 1.54) is 10.2 Å². The number of aryl methyl sites for hydroxylation is 3. The molecule has 0 atom stereocenters. The molecule has 1 aromatic heterocycles. The van der Waals surface area contributed by atoms with E-state index in [9.17, 15) is 9.59 Å². The van der Waals surface area contributed by atoms with Gasteiger partial charge in [0.2, 0.25) is 0 Å². The summed E-state index contributed by atoms with van der Waals surface area (Å²) in [5.41, 5.74) is 4.20. The maximum Gasteiger partial charge on any atom is 0.199 e. The first-order chi connectivity index (χ1) is 15.9. The monoisotopic (exact) mass is 447 g/mol. The lowest BCUT2D eigenvalue weighted by Crippen LogP contribution is -2.18. The molecule has 0 aliphatic heterocycles. The van der Waals surface area contributed by atoms with Crippen LogP contribution in [-0.4, -0.2) is 33.4 Å². The number of nitrogens with zero attached hydrogens (tertiary/aromatic N) is 3. The molecule has 174 valence electrons. The Labute approximate surface area is 196 Å². The minimum atomic E-state index is -0.0633. The van der Waals surface area contributed by atoms with Crippen molar-refractivity contribution in [3.63, 3.8) is 0 Å². The highest BCUT2D eigenvalue weighted by Gasteiger charge is 2.20. The van der Waals surface area contributed by atoms with Crippen LogP contribution in [0.4, 0.5) is 0 Å². The molecule has 0 saturated heterocycles. The number of carbonyl (C=O) groups is 2. The summed E-state index contributed by atoms with van der Waals surface area (Å²) in [5, 5.41) is 4.57. The Morgan fingerprint density at radius 3 is 2.55 bits per heavy atom. The molecule has 0 aliphatic rings. The van der Waals surface area contributed by atoms with Crippen LogP contribution in [0, 0.1) is 13.8 Å². The number of hydrogen-bond donors (Lipinski definition) is 0. The summed E-state index contributed by atoms with van der Waals surface area (Å²) in [4.78, 5) is 30.2. The van der Waals surface area contributed by atoms with Crippen LogP contribution in [0.1, 0.15) is 66.3 Å². The average molecular weight is 448 g/mol. The molecule has 0 bridgehead atoms. The number of methoxy groups -OCH3 is 1. The van der Waals surface area contributed by atoms with Crippen molar-refractivity contribution in [2.24, 2.45) is 0 Å². The van der Waals surface area contributed by atoms with Crippen molar-refractivity contribution in [1.82, 2.24) is 14.8 Å². The van der Waals surface area contributed by atoms with E-state index in [-0.39, 0.29) is 23.9 Å². The molecule has 0 amide bonds. The molecule has 0 unspecified atom stereocenters. The van der Waals surface area contributed by atoms with Crippen LogP contribution in [-0.2, 0) is 17.8 Å². The summed E-state index contributed by atoms with van der Waals surface area (Å²) < 4.78 is 6.75. The van der Waals surface area contributed by atoms with Gasteiger partial charge in [0.15, 0.2) is 23.2 Å². The van der Waals surface area contributed by atoms with Gasteiger partial charge in [0.05, 0.1) is 7.11 Å². The number of aromatic nitrogens is 3. The number of benzene rings is 2. The Morgan fingerprint density at radius 1 is 1.00 bits per heavy atom. The van der Waals surface area contributed by atoms with E-state index in [0.29, 0.717) is 25.1 Å². The maximum atomic E-state index is 12.9. The van der Waals surface area contributed by atoms with E-state index < -0.39 is 0 Å². The molecular formula is C27H33N3O3. The minimum Gasteiger partial charge on any atom is -0.497 e. The van der Waals surface area contributed by atoms with Crippen LogP contribution in [0.5, 0.6) is 5.75 Å². The van der Waals surface area contributed by atoms with Crippen molar-refractivity contribution in [3.05, 3.63) is 65.0 Å². The normalized spacial score (nSPS) is 10.9. The lowest BCUT2D eigenvalue weighted by Gasteiger charge is -2.06. The van der Waals surface area contributed by atoms with E-state index in [4.69, 9.17) is 4.74 Å². The van der Waals surface area contributed by atoms with Crippen LogP contribution in [0.3, 0.4) is 0 Å². The highest BCUT2D eigenvalue weighted by molar-refractivity contribution is 5.93. The van der Waals surface area contributed by atoms with Gasteiger partial charge in [-0.05, 0) is 61.6 Å². The lowest BCUT2D eigenvalue weighted by molar-refractivity contribution is -0.119. The van der Waals surface area contributed by atoms with Gasteiger partial charge in [-0.1, -0.05) is 44.0 Å². The van der Waals surface area contributed by atoms with E-state index in [0.717, 1.165) is 41.7 Å². The fourth-order valence-corrected chi connectivity index (χ4v) is 3.67. The summed E-state index contributed by atoms with van der Waals surface area (Å²) in [6.45, 7) is 6.23. The molecule has 1 heterocycles. The van der Waals surface area contributed by atoms with Gasteiger partial charge in [0.1, 0.15) is 12.3 Å². The Hall–Kier alpha value is -3.28. The highest BCUT2D eigenvalue weighted by atomic mass is 16.5. The van der Waals surface area contributed by atoms with Gasteiger partial charge in [-0.3, -0.25) is 9.59 Å². The fourth-order valence-electron chi connectivity index (χ4n) is 3.67. The Morgan fingerprint density at radius 2 is 1.82 bits per heavy atom. The number of ketones is 2. The summed E-state index contributed by atoms with van der Waals surface area (Å²) >= 11 is 0. The number of hydrogen-bond acceptors (Lipinski definition) is 5. The molecule has 0 aliphatic carbocycles. The molecular weight excluding hydrogens is 414 g/mol. The number of unbranched alkanes of at least 4 members (excludes halogenated alkanes) is 2. The van der Waals surface area contributed by atoms with Crippen LogP contribution < -0.4 is 4.74 Å². The zero-order chi connectivity index (χ0) is 23.8. The molecule has 3 aromatic rings. The number of Topliss-reactive ketones (excluding diaryl/α,β-unsaturated/α-hetero) is 2. The van der Waals surface area contributed by atoms with Crippen molar-refractivity contribution in [3.8, 4) is 17.1 Å². The zero-order valence-corrected chi connectivity index (χ0v) is 20.1. The van der Waals surface area contributed by atoms with E-state index in [1.54, 1.807) is 7.11 Å².